The Bertz CT molecular complexity index is 162. The van der Waals surface area contributed by atoms with Crippen molar-refractivity contribution in [2.45, 2.75) is 58.8 Å². The maximum absolute atomic E-state index is 5.88. The molecule has 0 aromatic rings. The van der Waals surface area contributed by atoms with Gasteiger partial charge < -0.3 is 10.1 Å². The molecule has 1 heterocycles. The first kappa shape index (κ1) is 11.0. The third-order valence-electron chi connectivity index (χ3n) is 2.88. The van der Waals surface area contributed by atoms with Gasteiger partial charge in [0.05, 0.1) is 12.2 Å². The van der Waals surface area contributed by atoms with Gasteiger partial charge in [0.25, 0.3) is 0 Å². The van der Waals surface area contributed by atoms with Crippen LogP contribution in [0.2, 0.25) is 0 Å². The van der Waals surface area contributed by atoms with Gasteiger partial charge in [0, 0.05) is 6.04 Å². The molecule has 0 saturated carbocycles. The molecule has 0 amide bonds. The Kier molecular flexibility index (Phi) is 3.36. The van der Waals surface area contributed by atoms with Gasteiger partial charge in [-0.1, -0.05) is 20.8 Å². The van der Waals surface area contributed by atoms with E-state index in [1.165, 1.54) is 12.8 Å². The summed E-state index contributed by atoms with van der Waals surface area (Å²) in [4.78, 5) is 0. The van der Waals surface area contributed by atoms with Crippen molar-refractivity contribution in [2.24, 2.45) is 5.41 Å². The molecule has 2 nitrogen and oxygen atoms in total. The smallest absolute Gasteiger partial charge is 0.0737 e. The summed E-state index contributed by atoms with van der Waals surface area (Å²) in [5.74, 6) is 0. The van der Waals surface area contributed by atoms with Crippen LogP contribution in [-0.4, -0.2) is 25.3 Å². The molecular weight excluding hydrogens is 162 g/mol. The van der Waals surface area contributed by atoms with Crippen molar-refractivity contribution in [1.29, 1.82) is 0 Å². The number of ether oxygens (including phenoxy) is 1. The number of rotatable bonds is 2. The second kappa shape index (κ2) is 3.97. The first-order valence-corrected chi connectivity index (χ1v) is 5.28. The van der Waals surface area contributed by atoms with Crippen LogP contribution in [0.1, 0.15) is 40.5 Å². The van der Waals surface area contributed by atoms with Gasteiger partial charge >= 0.3 is 0 Å². The van der Waals surface area contributed by atoms with Crippen molar-refractivity contribution in [2.75, 3.05) is 7.05 Å². The van der Waals surface area contributed by atoms with Gasteiger partial charge in [0.1, 0.15) is 0 Å². The fourth-order valence-electron chi connectivity index (χ4n) is 2.26. The van der Waals surface area contributed by atoms with Gasteiger partial charge in [0.2, 0.25) is 0 Å². The second-order valence-electron chi connectivity index (χ2n) is 5.19. The molecule has 78 valence electrons. The zero-order valence-corrected chi connectivity index (χ0v) is 9.55. The highest BCUT2D eigenvalue weighted by molar-refractivity contribution is 4.89. The van der Waals surface area contributed by atoms with Gasteiger partial charge in [-0.3, -0.25) is 0 Å². The van der Waals surface area contributed by atoms with E-state index in [1.54, 1.807) is 0 Å². The lowest BCUT2D eigenvalue weighted by molar-refractivity contribution is 0.00634. The molecule has 1 saturated heterocycles. The van der Waals surface area contributed by atoms with E-state index in [0.717, 1.165) is 0 Å². The Morgan fingerprint density at radius 3 is 2.23 bits per heavy atom. The number of likely N-dealkylation sites (N-methyl/N-ethyl adjacent to an activating group) is 1. The lowest BCUT2D eigenvalue weighted by atomic mass is 9.82. The summed E-state index contributed by atoms with van der Waals surface area (Å²) in [6.07, 6.45) is 3.26. The molecule has 3 unspecified atom stereocenters. The Labute approximate surface area is 82.0 Å². The largest absolute Gasteiger partial charge is 0.374 e. The highest BCUT2D eigenvalue weighted by atomic mass is 16.5. The van der Waals surface area contributed by atoms with Crippen LogP contribution in [0.25, 0.3) is 0 Å². The van der Waals surface area contributed by atoms with Crippen LogP contribution >= 0.6 is 0 Å². The standard InChI is InChI=1S/C11H23NO/c1-8-6-7-9(13-8)10(12-5)11(2,3)4/h8-10,12H,6-7H2,1-5H3. The van der Waals surface area contributed by atoms with E-state index in [9.17, 15) is 0 Å². The van der Waals surface area contributed by atoms with Gasteiger partial charge in [-0.15, -0.1) is 0 Å². The van der Waals surface area contributed by atoms with Crippen LogP contribution in [0.5, 0.6) is 0 Å². The van der Waals surface area contributed by atoms with Crippen LogP contribution in [0.3, 0.4) is 0 Å². The first-order chi connectivity index (χ1) is 5.95. The SMILES string of the molecule is CNC(C1CCC(C)O1)C(C)(C)C. The maximum Gasteiger partial charge on any atom is 0.0737 e. The van der Waals surface area contributed by atoms with E-state index in [-0.39, 0.29) is 5.41 Å². The Morgan fingerprint density at radius 1 is 1.31 bits per heavy atom. The average Bonchev–Trinajstić information content (AvgIpc) is 2.34. The van der Waals surface area contributed by atoms with E-state index < -0.39 is 0 Å². The molecule has 0 aliphatic carbocycles. The molecule has 3 atom stereocenters. The molecular formula is C11H23NO. The van der Waals surface area contributed by atoms with E-state index in [1.807, 2.05) is 7.05 Å². The minimum Gasteiger partial charge on any atom is -0.374 e. The zero-order chi connectivity index (χ0) is 10.1. The Morgan fingerprint density at radius 2 is 1.92 bits per heavy atom. The van der Waals surface area contributed by atoms with Crippen LogP contribution in [-0.2, 0) is 4.74 Å². The summed E-state index contributed by atoms with van der Waals surface area (Å²) in [5, 5.41) is 3.38. The highest BCUT2D eigenvalue weighted by Crippen LogP contribution is 2.30. The summed E-state index contributed by atoms with van der Waals surface area (Å²) >= 11 is 0. The molecule has 13 heavy (non-hydrogen) atoms. The van der Waals surface area contributed by atoms with E-state index in [0.29, 0.717) is 18.2 Å². The van der Waals surface area contributed by atoms with Crippen molar-refractivity contribution >= 4 is 0 Å². The molecule has 1 aliphatic heterocycles. The van der Waals surface area contributed by atoms with Crippen LogP contribution in [0.15, 0.2) is 0 Å². The molecule has 0 aromatic heterocycles. The molecule has 1 N–H and O–H groups in total. The molecule has 0 radical (unpaired) electrons. The lowest BCUT2D eigenvalue weighted by Gasteiger charge is -2.34. The molecule has 0 bridgehead atoms. The monoisotopic (exact) mass is 185 g/mol. The second-order valence-corrected chi connectivity index (χ2v) is 5.19. The summed E-state index contributed by atoms with van der Waals surface area (Å²) < 4.78 is 5.88. The topological polar surface area (TPSA) is 21.3 Å². The highest BCUT2D eigenvalue weighted by Gasteiger charge is 2.35. The van der Waals surface area contributed by atoms with Crippen LogP contribution < -0.4 is 5.32 Å². The Balaban J connectivity index is 2.57. The number of nitrogens with one attached hydrogen (secondary N) is 1. The molecule has 0 spiro atoms. The summed E-state index contributed by atoms with van der Waals surface area (Å²) in [5.41, 5.74) is 0.281. The zero-order valence-electron chi connectivity index (χ0n) is 9.55. The fraction of sp³-hybridized carbons (Fsp3) is 1.00. The molecule has 1 aliphatic rings. The fourth-order valence-corrected chi connectivity index (χ4v) is 2.26. The number of hydrogen-bond donors (Lipinski definition) is 1. The summed E-state index contributed by atoms with van der Waals surface area (Å²) in [7, 11) is 2.03. The van der Waals surface area contributed by atoms with Crippen molar-refractivity contribution < 1.29 is 4.74 Å². The first-order valence-electron chi connectivity index (χ1n) is 5.28. The molecule has 0 aromatic carbocycles. The van der Waals surface area contributed by atoms with E-state index in [2.05, 4.69) is 33.0 Å². The molecule has 2 heteroatoms. The van der Waals surface area contributed by atoms with Crippen molar-refractivity contribution in [3.8, 4) is 0 Å². The van der Waals surface area contributed by atoms with Gasteiger partial charge in [-0.2, -0.15) is 0 Å². The average molecular weight is 185 g/mol. The van der Waals surface area contributed by atoms with Crippen molar-refractivity contribution in [3.05, 3.63) is 0 Å². The summed E-state index contributed by atoms with van der Waals surface area (Å²) in [6.45, 7) is 8.96. The van der Waals surface area contributed by atoms with Gasteiger partial charge in [-0.05, 0) is 32.2 Å². The summed E-state index contributed by atoms with van der Waals surface area (Å²) in [6, 6.07) is 0.470. The lowest BCUT2D eigenvalue weighted by Crippen LogP contribution is -2.47. The molecule has 1 rings (SSSR count). The van der Waals surface area contributed by atoms with Crippen LogP contribution in [0.4, 0.5) is 0 Å². The minimum atomic E-state index is 0.281. The number of hydrogen-bond acceptors (Lipinski definition) is 2. The van der Waals surface area contributed by atoms with Crippen molar-refractivity contribution in [3.63, 3.8) is 0 Å². The predicted octanol–water partition coefficient (Wildman–Crippen LogP) is 2.19. The third-order valence-corrected chi connectivity index (χ3v) is 2.88. The quantitative estimate of drug-likeness (QED) is 0.712. The normalized spacial score (nSPS) is 32.1. The maximum atomic E-state index is 5.88. The molecule has 1 fully saturated rings. The van der Waals surface area contributed by atoms with E-state index in [4.69, 9.17) is 4.74 Å². The van der Waals surface area contributed by atoms with E-state index >= 15 is 0 Å². The van der Waals surface area contributed by atoms with Gasteiger partial charge in [-0.25, -0.2) is 0 Å². The van der Waals surface area contributed by atoms with Crippen molar-refractivity contribution in [1.82, 2.24) is 5.32 Å². The van der Waals surface area contributed by atoms with Crippen LogP contribution in [0, 0.1) is 5.41 Å². The third kappa shape index (κ3) is 2.68. The predicted molar refractivity (Wildman–Crippen MR) is 55.9 cm³/mol. The van der Waals surface area contributed by atoms with Gasteiger partial charge in [0.15, 0.2) is 0 Å². The minimum absolute atomic E-state index is 0.281. The Hall–Kier alpha value is -0.0800.